The maximum Gasteiger partial charge on any atom is 0.0946 e. The SMILES string of the molecule is OC1CCCc2c1n(-c1ccccc1)c1ccc(-n3c4ccccc4c4ccccc43)cc21. The maximum absolute atomic E-state index is 11.0. The molecule has 6 aromatic rings. The lowest BCUT2D eigenvalue weighted by atomic mass is 9.93. The Bertz CT molecular complexity index is 1600. The zero-order valence-electron chi connectivity index (χ0n) is 18.3. The zero-order valence-corrected chi connectivity index (χ0v) is 18.3. The number of nitrogens with zero attached hydrogens (tertiary/aromatic N) is 2. The molecular formula is C30H24N2O. The molecule has 0 saturated carbocycles. The normalized spacial score (nSPS) is 16.0. The first kappa shape index (κ1) is 18.7. The molecule has 4 aromatic carbocycles. The fraction of sp³-hybridized carbons (Fsp3) is 0.133. The van der Waals surface area contributed by atoms with Gasteiger partial charge in [0, 0.05) is 27.5 Å². The first-order valence-electron chi connectivity index (χ1n) is 11.7. The van der Waals surface area contributed by atoms with Gasteiger partial charge in [-0.25, -0.2) is 0 Å². The lowest BCUT2D eigenvalue weighted by Crippen LogP contribution is -2.12. The topological polar surface area (TPSA) is 30.1 Å². The van der Waals surface area contributed by atoms with Crippen molar-refractivity contribution in [3.63, 3.8) is 0 Å². The van der Waals surface area contributed by atoms with E-state index < -0.39 is 6.10 Å². The van der Waals surface area contributed by atoms with Crippen LogP contribution in [-0.2, 0) is 6.42 Å². The number of rotatable bonds is 2. The molecule has 0 amide bonds. The van der Waals surface area contributed by atoms with E-state index in [1.165, 1.54) is 32.8 Å². The predicted octanol–water partition coefficient (Wildman–Crippen LogP) is 7.10. The summed E-state index contributed by atoms with van der Waals surface area (Å²) in [5, 5.41) is 14.8. The number of aryl methyl sites for hydroxylation is 1. The summed E-state index contributed by atoms with van der Waals surface area (Å²) in [4.78, 5) is 0. The Hall–Kier alpha value is -3.82. The van der Waals surface area contributed by atoms with Gasteiger partial charge in [0.15, 0.2) is 0 Å². The average molecular weight is 429 g/mol. The third-order valence-electron chi connectivity index (χ3n) is 7.17. The highest BCUT2D eigenvalue weighted by Crippen LogP contribution is 2.41. The van der Waals surface area contributed by atoms with Crippen LogP contribution in [0.5, 0.6) is 0 Å². The summed E-state index contributed by atoms with van der Waals surface area (Å²) in [5.74, 6) is 0. The molecule has 2 heterocycles. The monoisotopic (exact) mass is 428 g/mol. The van der Waals surface area contributed by atoms with Gasteiger partial charge in [-0.2, -0.15) is 0 Å². The molecule has 1 unspecified atom stereocenters. The summed E-state index contributed by atoms with van der Waals surface area (Å²) in [6.07, 6.45) is 2.40. The van der Waals surface area contributed by atoms with E-state index in [9.17, 15) is 5.11 Å². The first-order valence-corrected chi connectivity index (χ1v) is 11.7. The number of para-hydroxylation sites is 3. The van der Waals surface area contributed by atoms with Crippen LogP contribution >= 0.6 is 0 Å². The number of fused-ring (bicyclic) bond motifs is 6. The highest BCUT2D eigenvalue weighted by Gasteiger charge is 2.27. The lowest BCUT2D eigenvalue weighted by molar-refractivity contribution is 0.150. The summed E-state index contributed by atoms with van der Waals surface area (Å²) in [7, 11) is 0. The van der Waals surface area contributed by atoms with E-state index in [1.807, 2.05) is 6.07 Å². The minimum atomic E-state index is -0.432. The molecule has 1 aliphatic rings. The van der Waals surface area contributed by atoms with Crippen molar-refractivity contribution in [2.45, 2.75) is 25.4 Å². The summed E-state index contributed by atoms with van der Waals surface area (Å²) in [6.45, 7) is 0. The van der Waals surface area contributed by atoms with E-state index in [2.05, 4.69) is 100 Å². The first-order chi connectivity index (χ1) is 16.3. The number of aliphatic hydroxyl groups excluding tert-OH is 1. The van der Waals surface area contributed by atoms with Crippen molar-refractivity contribution in [1.29, 1.82) is 0 Å². The van der Waals surface area contributed by atoms with Crippen LogP contribution in [0.1, 0.15) is 30.2 Å². The van der Waals surface area contributed by atoms with Crippen LogP contribution < -0.4 is 0 Å². The maximum atomic E-state index is 11.0. The Kier molecular flexibility index (Phi) is 4.02. The number of aliphatic hydroxyl groups is 1. The zero-order chi connectivity index (χ0) is 21.9. The molecule has 0 bridgehead atoms. The standard InChI is InChI=1S/C30H24N2O/c33-29-16-8-13-24-25-19-21(17-18-28(25)32(30(24)29)20-9-2-1-3-10-20)31-26-14-6-4-11-22(26)23-12-5-7-15-27(23)31/h1-7,9-12,14-15,17-19,29,33H,8,13,16H2. The molecule has 160 valence electrons. The summed E-state index contributed by atoms with van der Waals surface area (Å²) >= 11 is 0. The molecule has 2 aromatic heterocycles. The molecule has 0 fully saturated rings. The van der Waals surface area contributed by atoms with Crippen LogP contribution in [0.4, 0.5) is 0 Å². The second-order valence-electron chi connectivity index (χ2n) is 9.01. The third kappa shape index (κ3) is 2.66. The van der Waals surface area contributed by atoms with E-state index in [-0.39, 0.29) is 0 Å². The third-order valence-corrected chi connectivity index (χ3v) is 7.17. The average Bonchev–Trinajstić information content (AvgIpc) is 3.38. The van der Waals surface area contributed by atoms with Gasteiger partial charge in [-0.05, 0) is 67.3 Å². The van der Waals surface area contributed by atoms with Gasteiger partial charge in [0.25, 0.3) is 0 Å². The molecule has 1 atom stereocenters. The number of hydrogen-bond acceptors (Lipinski definition) is 1. The smallest absolute Gasteiger partial charge is 0.0946 e. The van der Waals surface area contributed by atoms with Gasteiger partial charge in [-0.1, -0.05) is 54.6 Å². The van der Waals surface area contributed by atoms with Gasteiger partial charge in [-0.15, -0.1) is 0 Å². The van der Waals surface area contributed by atoms with Crippen molar-refractivity contribution in [1.82, 2.24) is 9.13 Å². The predicted molar refractivity (Wildman–Crippen MR) is 136 cm³/mol. The van der Waals surface area contributed by atoms with E-state index in [4.69, 9.17) is 0 Å². The molecule has 0 aliphatic heterocycles. The van der Waals surface area contributed by atoms with Gasteiger partial charge < -0.3 is 14.2 Å². The Morgan fingerprint density at radius 2 is 1.24 bits per heavy atom. The summed E-state index contributed by atoms with van der Waals surface area (Å²) in [6, 6.07) is 34.5. The number of benzene rings is 4. The van der Waals surface area contributed by atoms with Gasteiger partial charge in [0.1, 0.15) is 0 Å². The van der Waals surface area contributed by atoms with Crippen LogP contribution in [0, 0.1) is 0 Å². The fourth-order valence-corrected chi connectivity index (χ4v) is 5.78. The number of hydrogen-bond donors (Lipinski definition) is 1. The minimum absolute atomic E-state index is 0.432. The molecule has 0 radical (unpaired) electrons. The van der Waals surface area contributed by atoms with Crippen LogP contribution in [-0.4, -0.2) is 14.2 Å². The second-order valence-corrected chi connectivity index (χ2v) is 9.01. The van der Waals surface area contributed by atoms with E-state index in [0.717, 1.165) is 41.8 Å². The van der Waals surface area contributed by atoms with Crippen LogP contribution in [0.25, 0.3) is 44.1 Å². The Morgan fingerprint density at radius 3 is 1.97 bits per heavy atom. The molecular weight excluding hydrogens is 404 g/mol. The van der Waals surface area contributed by atoms with Crippen molar-refractivity contribution in [2.75, 3.05) is 0 Å². The molecule has 0 saturated heterocycles. The minimum Gasteiger partial charge on any atom is -0.387 e. The van der Waals surface area contributed by atoms with Gasteiger partial charge in [0.2, 0.25) is 0 Å². The molecule has 1 aliphatic carbocycles. The molecule has 0 spiro atoms. The van der Waals surface area contributed by atoms with Gasteiger partial charge >= 0.3 is 0 Å². The quantitative estimate of drug-likeness (QED) is 0.313. The van der Waals surface area contributed by atoms with Crippen LogP contribution in [0.15, 0.2) is 97.1 Å². The molecule has 33 heavy (non-hydrogen) atoms. The van der Waals surface area contributed by atoms with Gasteiger partial charge in [0.05, 0.1) is 28.3 Å². The van der Waals surface area contributed by atoms with Crippen molar-refractivity contribution in [3.8, 4) is 11.4 Å². The summed E-state index contributed by atoms with van der Waals surface area (Å²) < 4.78 is 4.64. The highest BCUT2D eigenvalue weighted by atomic mass is 16.3. The fourth-order valence-electron chi connectivity index (χ4n) is 5.78. The molecule has 3 nitrogen and oxygen atoms in total. The molecule has 3 heteroatoms. The van der Waals surface area contributed by atoms with Crippen molar-refractivity contribution >= 4 is 32.7 Å². The van der Waals surface area contributed by atoms with E-state index in [0.29, 0.717) is 0 Å². The molecule has 1 N–H and O–H groups in total. The molecule has 7 rings (SSSR count). The van der Waals surface area contributed by atoms with Crippen molar-refractivity contribution in [3.05, 3.63) is 108 Å². The second kappa shape index (κ2) is 7.09. The van der Waals surface area contributed by atoms with Gasteiger partial charge in [-0.3, -0.25) is 0 Å². The summed E-state index contributed by atoms with van der Waals surface area (Å²) in [5.41, 5.74) is 8.21. The lowest BCUT2D eigenvalue weighted by Gasteiger charge is -2.21. The Morgan fingerprint density at radius 1 is 0.606 bits per heavy atom. The van der Waals surface area contributed by atoms with E-state index >= 15 is 0 Å². The Balaban J connectivity index is 1.56. The van der Waals surface area contributed by atoms with Crippen LogP contribution in [0.2, 0.25) is 0 Å². The number of aromatic nitrogens is 2. The van der Waals surface area contributed by atoms with Crippen LogP contribution in [0.3, 0.4) is 0 Å². The highest BCUT2D eigenvalue weighted by molar-refractivity contribution is 6.09. The Labute approximate surface area is 192 Å². The largest absolute Gasteiger partial charge is 0.387 e. The van der Waals surface area contributed by atoms with E-state index in [1.54, 1.807) is 0 Å². The van der Waals surface area contributed by atoms with Crippen molar-refractivity contribution < 1.29 is 5.11 Å². The van der Waals surface area contributed by atoms with Crippen molar-refractivity contribution in [2.24, 2.45) is 0 Å².